The highest BCUT2D eigenvalue weighted by Crippen LogP contribution is 2.36. The Bertz CT molecular complexity index is 570. The molecule has 1 aromatic rings. The average molecular weight is 289 g/mol. The number of hydrogen-bond acceptors (Lipinski definition) is 2. The van der Waals surface area contributed by atoms with Crippen molar-refractivity contribution in [3.63, 3.8) is 0 Å². The van der Waals surface area contributed by atoms with E-state index < -0.39 is 5.82 Å². The van der Waals surface area contributed by atoms with E-state index in [-0.39, 0.29) is 18.1 Å². The van der Waals surface area contributed by atoms with Gasteiger partial charge in [0.25, 0.3) is 5.91 Å². The Morgan fingerprint density at radius 2 is 2.29 bits per heavy atom. The minimum Gasteiger partial charge on any atom is -0.395 e. The van der Waals surface area contributed by atoms with E-state index in [1.807, 2.05) is 0 Å². The third-order valence-electron chi connectivity index (χ3n) is 3.69. The second kappa shape index (κ2) is 7.24. The molecule has 2 rings (SSSR count). The van der Waals surface area contributed by atoms with Crippen molar-refractivity contribution in [2.75, 3.05) is 13.2 Å². The number of carbonyl (C=O) groups is 1. The summed E-state index contributed by atoms with van der Waals surface area (Å²) in [5.74, 6) is 5.67. The van der Waals surface area contributed by atoms with Gasteiger partial charge in [0, 0.05) is 18.5 Å². The summed E-state index contributed by atoms with van der Waals surface area (Å²) >= 11 is 0. The van der Waals surface area contributed by atoms with Crippen molar-refractivity contribution in [3.05, 3.63) is 35.1 Å². The zero-order chi connectivity index (χ0) is 15.2. The van der Waals surface area contributed by atoms with E-state index in [2.05, 4.69) is 24.1 Å². The molecule has 21 heavy (non-hydrogen) atoms. The van der Waals surface area contributed by atoms with Crippen LogP contribution in [0.3, 0.4) is 0 Å². The lowest BCUT2D eigenvalue weighted by molar-refractivity contribution is 0.0942. The largest absolute Gasteiger partial charge is 0.395 e. The summed E-state index contributed by atoms with van der Waals surface area (Å²) in [4.78, 5) is 12.0. The predicted octanol–water partition coefficient (Wildman–Crippen LogP) is 2.34. The number of amides is 1. The second-order valence-corrected chi connectivity index (χ2v) is 5.49. The summed E-state index contributed by atoms with van der Waals surface area (Å²) in [5.41, 5.74) is 0.551. The van der Waals surface area contributed by atoms with Crippen molar-refractivity contribution in [2.24, 2.45) is 11.8 Å². The van der Waals surface area contributed by atoms with Crippen LogP contribution in [0.5, 0.6) is 0 Å². The third kappa shape index (κ3) is 4.57. The molecule has 112 valence electrons. The van der Waals surface area contributed by atoms with Crippen LogP contribution in [0, 0.1) is 29.5 Å². The van der Waals surface area contributed by atoms with Gasteiger partial charge in [-0.1, -0.05) is 18.8 Å². The number of carbonyl (C=O) groups excluding carboxylic acids is 1. The first-order chi connectivity index (χ1) is 10.1. The number of aliphatic hydroxyl groups is 1. The summed E-state index contributed by atoms with van der Waals surface area (Å²) in [5, 5.41) is 11.4. The molecule has 3 nitrogen and oxygen atoms in total. The summed E-state index contributed by atoms with van der Waals surface area (Å²) in [6, 6.07) is 4.33. The first-order valence-corrected chi connectivity index (χ1v) is 7.29. The average Bonchev–Trinajstić information content (AvgIpc) is 3.29. The molecular formula is C17H20FNO2. The van der Waals surface area contributed by atoms with Crippen LogP contribution in [0.25, 0.3) is 0 Å². The van der Waals surface area contributed by atoms with Crippen molar-refractivity contribution >= 4 is 5.91 Å². The fraction of sp³-hybridized carbons (Fsp3) is 0.471. The molecule has 0 aliphatic heterocycles. The zero-order valence-electron chi connectivity index (χ0n) is 12.2. The second-order valence-electron chi connectivity index (χ2n) is 5.49. The van der Waals surface area contributed by atoms with E-state index in [1.165, 1.54) is 25.0 Å². The van der Waals surface area contributed by atoms with Gasteiger partial charge in [0.2, 0.25) is 0 Å². The van der Waals surface area contributed by atoms with Crippen LogP contribution < -0.4 is 5.32 Å². The zero-order valence-corrected chi connectivity index (χ0v) is 12.2. The molecule has 1 saturated carbocycles. The Kier molecular flexibility index (Phi) is 5.35. The van der Waals surface area contributed by atoms with Crippen LogP contribution in [0.2, 0.25) is 0 Å². The molecule has 0 aromatic heterocycles. The SMILES string of the molecule is CC(CNC(=O)c1ccc(C#CCCO)cc1F)C1CC1. The van der Waals surface area contributed by atoms with Crippen molar-refractivity contribution in [1.82, 2.24) is 5.32 Å². The van der Waals surface area contributed by atoms with Crippen molar-refractivity contribution in [1.29, 1.82) is 0 Å². The summed E-state index contributed by atoms with van der Waals surface area (Å²) < 4.78 is 13.9. The molecule has 0 heterocycles. The van der Waals surface area contributed by atoms with Crippen molar-refractivity contribution in [2.45, 2.75) is 26.2 Å². The van der Waals surface area contributed by atoms with E-state index >= 15 is 0 Å². The quantitative estimate of drug-likeness (QED) is 0.817. The first kappa shape index (κ1) is 15.5. The van der Waals surface area contributed by atoms with Gasteiger partial charge in [-0.2, -0.15) is 0 Å². The number of aliphatic hydroxyl groups excluding tert-OH is 1. The Morgan fingerprint density at radius 3 is 2.90 bits per heavy atom. The lowest BCUT2D eigenvalue weighted by atomic mass is 10.1. The van der Waals surface area contributed by atoms with Crippen LogP contribution in [0.1, 0.15) is 42.1 Å². The fourth-order valence-electron chi connectivity index (χ4n) is 2.18. The molecule has 1 aliphatic carbocycles. The molecule has 4 heteroatoms. The molecule has 1 atom stereocenters. The van der Waals surface area contributed by atoms with Crippen molar-refractivity contribution < 1.29 is 14.3 Å². The van der Waals surface area contributed by atoms with Crippen LogP contribution >= 0.6 is 0 Å². The van der Waals surface area contributed by atoms with Crippen LogP contribution in [-0.2, 0) is 0 Å². The van der Waals surface area contributed by atoms with Gasteiger partial charge in [0.15, 0.2) is 0 Å². The molecule has 1 fully saturated rings. The molecule has 2 N–H and O–H groups in total. The maximum absolute atomic E-state index is 13.9. The highest BCUT2D eigenvalue weighted by atomic mass is 19.1. The molecule has 0 spiro atoms. The lowest BCUT2D eigenvalue weighted by Crippen LogP contribution is -2.29. The molecule has 0 saturated heterocycles. The summed E-state index contributed by atoms with van der Waals surface area (Å²) in [7, 11) is 0. The number of benzene rings is 1. The molecule has 0 bridgehead atoms. The monoisotopic (exact) mass is 289 g/mol. The van der Waals surface area contributed by atoms with Gasteiger partial charge in [-0.15, -0.1) is 0 Å². The molecule has 1 unspecified atom stereocenters. The predicted molar refractivity (Wildman–Crippen MR) is 79.2 cm³/mol. The van der Waals surface area contributed by atoms with Gasteiger partial charge in [-0.25, -0.2) is 4.39 Å². The lowest BCUT2D eigenvalue weighted by Gasteiger charge is -2.11. The van der Waals surface area contributed by atoms with Crippen molar-refractivity contribution in [3.8, 4) is 11.8 Å². The Balaban J connectivity index is 1.96. The van der Waals surface area contributed by atoms with Gasteiger partial charge in [-0.05, 0) is 42.9 Å². The van der Waals surface area contributed by atoms with Gasteiger partial charge in [0.05, 0.1) is 12.2 Å². The highest BCUT2D eigenvalue weighted by Gasteiger charge is 2.28. The topological polar surface area (TPSA) is 49.3 Å². The number of nitrogens with one attached hydrogen (secondary N) is 1. The molecule has 1 amide bonds. The smallest absolute Gasteiger partial charge is 0.254 e. The maximum Gasteiger partial charge on any atom is 0.254 e. The number of rotatable bonds is 5. The van der Waals surface area contributed by atoms with Gasteiger partial charge in [-0.3, -0.25) is 4.79 Å². The van der Waals surface area contributed by atoms with E-state index in [1.54, 1.807) is 6.07 Å². The summed E-state index contributed by atoms with van der Waals surface area (Å²) in [6.45, 7) is 2.67. The third-order valence-corrected chi connectivity index (χ3v) is 3.69. The standard InChI is InChI=1S/C17H20FNO2/c1-12(14-6-7-14)11-19-17(21)15-8-5-13(10-16(15)18)4-2-3-9-20/h5,8,10,12,14,20H,3,6-7,9,11H2,1H3,(H,19,21). The molecule has 1 aliphatic rings. The van der Waals surface area contributed by atoms with Gasteiger partial charge < -0.3 is 10.4 Å². The maximum atomic E-state index is 13.9. The Morgan fingerprint density at radius 1 is 1.52 bits per heavy atom. The Labute approximate surface area is 124 Å². The van der Waals surface area contributed by atoms with Crippen LogP contribution in [-0.4, -0.2) is 24.2 Å². The minimum absolute atomic E-state index is 0.0187. The normalized spacial score (nSPS) is 15.0. The van der Waals surface area contributed by atoms with E-state index in [9.17, 15) is 9.18 Å². The minimum atomic E-state index is -0.567. The molecule has 1 aromatic carbocycles. The first-order valence-electron chi connectivity index (χ1n) is 7.29. The molecular weight excluding hydrogens is 269 g/mol. The van der Waals surface area contributed by atoms with E-state index in [4.69, 9.17) is 5.11 Å². The van der Waals surface area contributed by atoms with Crippen LogP contribution in [0.15, 0.2) is 18.2 Å². The highest BCUT2D eigenvalue weighted by molar-refractivity contribution is 5.94. The van der Waals surface area contributed by atoms with Gasteiger partial charge in [0.1, 0.15) is 5.82 Å². The molecule has 0 radical (unpaired) electrons. The number of hydrogen-bond donors (Lipinski definition) is 2. The van der Waals surface area contributed by atoms with E-state index in [0.29, 0.717) is 30.4 Å². The van der Waals surface area contributed by atoms with E-state index in [0.717, 1.165) is 0 Å². The fourth-order valence-corrected chi connectivity index (χ4v) is 2.18. The van der Waals surface area contributed by atoms with Gasteiger partial charge >= 0.3 is 0 Å². The summed E-state index contributed by atoms with van der Waals surface area (Å²) in [6.07, 6.45) is 2.81. The van der Waals surface area contributed by atoms with Crippen LogP contribution in [0.4, 0.5) is 4.39 Å². The Hall–Kier alpha value is -1.86. The number of halogens is 1.